The van der Waals surface area contributed by atoms with Crippen LogP contribution >= 0.6 is 11.3 Å². The number of carbonyl (C=O) groups is 1. The van der Waals surface area contributed by atoms with E-state index in [-0.39, 0.29) is 30.6 Å². The molecule has 0 aliphatic carbocycles. The van der Waals surface area contributed by atoms with Crippen LogP contribution < -0.4 is 0 Å². The van der Waals surface area contributed by atoms with Crippen molar-refractivity contribution in [2.24, 2.45) is 0 Å². The lowest BCUT2D eigenvalue weighted by Gasteiger charge is -2.30. The van der Waals surface area contributed by atoms with Gasteiger partial charge in [0.05, 0.1) is 23.6 Å². The summed E-state index contributed by atoms with van der Waals surface area (Å²) in [6.45, 7) is 2.98. The highest BCUT2D eigenvalue weighted by atomic mass is 32.1. The summed E-state index contributed by atoms with van der Waals surface area (Å²) in [5, 5.41) is 5.78. The van der Waals surface area contributed by atoms with E-state index in [0.29, 0.717) is 23.6 Å². The lowest BCUT2D eigenvalue weighted by molar-refractivity contribution is -0.137. The van der Waals surface area contributed by atoms with Gasteiger partial charge in [-0.05, 0) is 35.6 Å². The molecule has 1 aromatic carbocycles. The molecular weight excluding hydrogens is 419 g/mol. The fourth-order valence-corrected chi connectivity index (χ4v) is 4.06. The smallest absolute Gasteiger partial charge is 0.365 e. The molecule has 4 rings (SSSR count). The number of nitrogens with zero attached hydrogens (tertiary/aromatic N) is 3. The molecule has 1 atom stereocenters. The predicted octanol–water partition coefficient (Wildman–Crippen LogP) is 4.26. The van der Waals surface area contributed by atoms with Gasteiger partial charge in [0.1, 0.15) is 0 Å². The van der Waals surface area contributed by atoms with Crippen LogP contribution in [0.5, 0.6) is 0 Å². The summed E-state index contributed by atoms with van der Waals surface area (Å²) in [5.41, 5.74) is 0.730. The number of aryl methyl sites for hydroxylation is 1. The van der Waals surface area contributed by atoms with Gasteiger partial charge in [0.25, 0.3) is 11.8 Å². The molecule has 30 heavy (non-hydrogen) atoms. The molecule has 10 heteroatoms. The summed E-state index contributed by atoms with van der Waals surface area (Å²) >= 11 is 1.39. The van der Waals surface area contributed by atoms with Gasteiger partial charge in [-0.1, -0.05) is 23.4 Å². The largest absolute Gasteiger partial charge is 0.416 e. The Morgan fingerprint density at radius 2 is 2.17 bits per heavy atom. The summed E-state index contributed by atoms with van der Waals surface area (Å²) in [4.78, 5) is 19.3. The Bertz CT molecular complexity index is 1050. The van der Waals surface area contributed by atoms with Gasteiger partial charge in [0.15, 0.2) is 11.9 Å². The Morgan fingerprint density at radius 3 is 2.90 bits per heavy atom. The molecule has 158 valence electrons. The summed E-state index contributed by atoms with van der Waals surface area (Å²) in [6.07, 6.45) is -4.89. The second kappa shape index (κ2) is 8.19. The molecule has 2 aromatic heterocycles. The van der Waals surface area contributed by atoms with Gasteiger partial charge in [-0.15, -0.1) is 11.3 Å². The van der Waals surface area contributed by atoms with Crippen molar-refractivity contribution in [2.75, 3.05) is 19.7 Å². The number of thiophene rings is 1. The maximum atomic E-state index is 12.9. The van der Waals surface area contributed by atoms with Gasteiger partial charge >= 0.3 is 6.18 Å². The first-order chi connectivity index (χ1) is 14.3. The minimum atomic E-state index is -4.41. The number of aromatic nitrogens is 2. The second-order valence-electron chi connectivity index (χ2n) is 7.02. The molecule has 0 unspecified atom stereocenters. The molecular formula is C20H18F3N3O3S. The minimum Gasteiger partial charge on any atom is -0.365 e. The van der Waals surface area contributed by atoms with Gasteiger partial charge < -0.3 is 14.2 Å². The van der Waals surface area contributed by atoms with E-state index in [1.807, 2.05) is 18.4 Å². The zero-order valence-corrected chi connectivity index (χ0v) is 16.8. The molecule has 1 fully saturated rings. The highest BCUT2D eigenvalue weighted by Crippen LogP contribution is 2.30. The monoisotopic (exact) mass is 437 g/mol. The van der Waals surface area contributed by atoms with E-state index < -0.39 is 17.8 Å². The van der Waals surface area contributed by atoms with Crippen molar-refractivity contribution in [1.82, 2.24) is 15.0 Å². The van der Waals surface area contributed by atoms with Crippen LogP contribution in [0, 0.1) is 6.92 Å². The number of carbonyl (C=O) groups excluding carboxylic acids is 1. The second-order valence-corrected chi connectivity index (χ2v) is 7.93. The maximum Gasteiger partial charge on any atom is 0.416 e. The zero-order chi connectivity index (χ0) is 21.3. The van der Waals surface area contributed by atoms with Crippen molar-refractivity contribution in [2.45, 2.75) is 25.6 Å². The van der Waals surface area contributed by atoms with Crippen LogP contribution in [0.15, 0.2) is 40.2 Å². The third kappa shape index (κ3) is 4.54. The molecule has 0 radical (unpaired) electrons. The Hall–Kier alpha value is -2.72. The van der Waals surface area contributed by atoms with Crippen LogP contribution in [-0.2, 0) is 17.3 Å². The number of hydrogen-bond acceptors (Lipinski definition) is 6. The fourth-order valence-electron chi connectivity index (χ4n) is 3.19. The lowest BCUT2D eigenvalue weighted by atomic mass is 10.1. The Kier molecular flexibility index (Phi) is 5.61. The molecule has 0 N–H and O–H groups in total. The van der Waals surface area contributed by atoms with Crippen LogP contribution in [0.1, 0.15) is 44.2 Å². The van der Waals surface area contributed by atoms with Crippen LogP contribution in [0.4, 0.5) is 13.2 Å². The Labute approximate surface area is 174 Å². The summed E-state index contributed by atoms with van der Waals surface area (Å²) < 4.78 is 49.6. The van der Waals surface area contributed by atoms with Crippen LogP contribution in [0.25, 0.3) is 0 Å². The van der Waals surface area contributed by atoms with Crippen LogP contribution in [0.2, 0.25) is 0 Å². The van der Waals surface area contributed by atoms with E-state index in [1.165, 1.54) is 17.4 Å². The molecule has 0 spiro atoms. The number of alkyl halides is 3. The SMILES string of the molecule is Cc1csc(C(=O)N2CCO[C@@H](c3nc(Cc4cccc(C(F)(F)F)c4)no3)C2)c1. The average Bonchev–Trinajstić information content (AvgIpc) is 3.36. The maximum absolute atomic E-state index is 12.9. The first kappa shape index (κ1) is 20.5. The number of amides is 1. The molecule has 1 aliphatic heterocycles. The highest BCUT2D eigenvalue weighted by molar-refractivity contribution is 7.12. The Balaban J connectivity index is 1.44. The van der Waals surface area contributed by atoms with Crippen molar-refractivity contribution in [3.05, 3.63) is 69.0 Å². The van der Waals surface area contributed by atoms with Crippen molar-refractivity contribution < 1.29 is 27.2 Å². The zero-order valence-electron chi connectivity index (χ0n) is 16.0. The van der Waals surface area contributed by atoms with E-state index in [1.54, 1.807) is 11.0 Å². The van der Waals surface area contributed by atoms with Crippen molar-refractivity contribution in [1.29, 1.82) is 0 Å². The number of hydrogen-bond donors (Lipinski definition) is 0. The predicted molar refractivity (Wildman–Crippen MR) is 102 cm³/mol. The topological polar surface area (TPSA) is 68.5 Å². The average molecular weight is 437 g/mol. The summed E-state index contributed by atoms with van der Waals surface area (Å²) in [6, 6.07) is 6.85. The molecule has 1 amide bonds. The number of morpholine rings is 1. The van der Waals surface area contributed by atoms with Crippen LogP contribution in [0.3, 0.4) is 0 Å². The first-order valence-electron chi connectivity index (χ1n) is 9.24. The molecule has 0 bridgehead atoms. The van der Waals surface area contributed by atoms with Gasteiger partial charge in [-0.3, -0.25) is 4.79 Å². The summed E-state index contributed by atoms with van der Waals surface area (Å²) in [5.74, 6) is 0.382. The van der Waals surface area contributed by atoms with Crippen molar-refractivity contribution >= 4 is 17.2 Å². The quantitative estimate of drug-likeness (QED) is 0.610. The highest BCUT2D eigenvalue weighted by Gasteiger charge is 2.32. The van der Waals surface area contributed by atoms with Gasteiger partial charge in [-0.2, -0.15) is 18.2 Å². The molecule has 0 saturated carbocycles. The molecule has 3 heterocycles. The van der Waals surface area contributed by atoms with Crippen LogP contribution in [-0.4, -0.2) is 40.6 Å². The standard InChI is InChI=1S/C20H18F3N3O3S/c1-12-7-16(30-11-12)19(27)26-5-6-28-15(10-26)18-24-17(25-29-18)9-13-3-2-4-14(8-13)20(21,22)23/h2-4,7-8,11,15H,5-6,9-10H2,1H3/t15-/m1/s1. The van der Waals surface area contributed by atoms with Gasteiger partial charge in [0.2, 0.25) is 0 Å². The first-order valence-corrected chi connectivity index (χ1v) is 10.1. The molecule has 6 nitrogen and oxygen atoms in total. The van der Waals surface area contributed by atoms with Crippen molar-refractivity contribution in [3.63, 3.8) is 0 Å². The van der Waals surface area contributed by atoms with Gasteiger partial charge in [0, 0.05) is 13.0 Å². The molecule has 3 aromatic rings. The number of rotatable bonds is 4. The fraction of sp³-hybridized carbons (Fsp3) is 0.350. The van der Waals surface area contributed by atoms with E-state index in [9.17, 15) is 18.0 Å². The minimum absolute atomic E-state index is 0.0786. The van der Waals surface area contributed by atoms with Gasteiger partial charge in [-0.25, -0.2) is 0 Å². The van der Waals surface area contributed by atoms with E-state index >= 15 is 0 Å². The normalized spacial score (nSPS) is 17.3. The van der Waals surface area contributed by atoms with E-state index in [4.69, 9.17) is 9.26 Å². The Morgan fingerprint density at radius 1 is 1.33 bits per heavy atom. The molecule has 1 saturated heterocycles. The van der Waals surface area contributed by atoms with Crippen molar-refractivity contribution in [3.8, 4) is 0 Å². The summed E-state index contributed by atoms with van der Waals surface area (Å²) in [7, 11) is 0. The third-order valence-electron chi connectivity index (χ3n) is 4.67. The number of ether oxygens (including phenoxy) is 1. The number of halogens is 3. The number of benzene rings is 1. The van der Waals surface area contributed by atoms with E-state index in [0.717, 1.165) is 17.7 Å². The van der Waals surface area contributed by atoms with E-state index in [2.05, 4.69) is 10.1 Å². The molecule has 1 aliphatic rings. The lowest BCUT2D eigenvalue weighted by Crippen LogP contribution is -2.42. The third-order valence-corrected chi connectivity index (χ3v) is 5.71.